The van der Waals surface area contributed by atoms with Gasteiger partial charge in [-0.05, 0) is 56.7 Å². The molecule has 1 aliphatic heterocycles. The third-order valence-electron chi connectivity index (χ3n) is 6.68. The van der Waals surface area contributed by atoms with Gasteiger partial charge in [-0.3, -0.25) is 4.79 Å². The number of nitrogens with one attached hydrogen (secondary N) is 1. The molecule has 158 valence electrons. The maximum atomic E-state index is 13.0. The summed E-state index contributed by atoms with van der Waals surface area (Å²) in [6, 6.07) is 12.4. The van der Waals surface area contributed by atoms with Crippen LogP contribution in [0.2, 0.25) is 0 Å². The molecule has 6 heteroatoms. The number of aryl methyl sites for hydroxylation is 1. The van der Waals surface area contributed by atoms with Gasteiger partial charge in [-0.2, -0.15) is 5.10 Å². The zero-order valence-corrected chi connectivity index (χ0v) is 18.5. The number of amides is 1. The molecule has 1 amide bonds. The highest BCUT2D eigenvalue weighted by molar-refractivity contribution is 7.20. The van der Waals surface area contributed by atoms with Crippen LogP contribution in [-0.2, 0) is 0 Å². The topological polar surface area (TPSA) is 50.2 Å². The van der Waals surface area contributed by atoms with Crippen LogP contribution in [0.4, 0.5) is 0 Å². The van der Waals surface area contributed by atoms with Gasteiger partial charge in [0.1, 0.15) is 4.83 Å². The molecule has 0 bridgehead atoms. The Balaban J connectivity index is 1.23. The molecule has 2 aromatic heterocycles. The number of carbonyl (C=O) groups excluding carboxylic acids is 1. The first-order chi connectivity index (χ1) is 14.7. The van der Waals surface area contributed by atoms with Crippen LogP contribution in [-0.4, -0.2) is 46.3 Å². The van der Waals surface area contributed by atoms with Gasteiger partial charge < -0.3 is 10.2 Å². The summed E-state index contributed by atoms with van der Waals surface area (Å²) < 4.78 is 1.95. The van der Waals surface area contributed by atoms with Crippen molar-refractivity contribution in [3.8, 4) is 5.69 Å². The van der Waals surface area contributed by atoms with Crippen LogP contribution in [0.15, 0.2) is 36.4 Å². The van der Waals surface area contributed by atoms with Crippen molar-refractivity contribution in [2.45, 2.75) is 51.5 Å². The monoisotopic (exact) mass is 422 g/mol. The van der Waals surface area contributed by atoms with Crippen molar-refractivity contribution >= 4 is 27.5 Å². The lowest BCUT2D eigenvalue weighted by Gasteiger charge is -2.33. The summed E-state index contributed by atoms with van der Waals surface area (Å²) in [6.07, 6.45) is 7.74. The molecule has 1 N–H and O–H groups in total. The lowest BCUT2D eigenvalue weighted by Crippen LogP contribution is -2.45. The van der Waals surface area contributed by atoms with Crippen LogP contribution >= 0.6 is 11.3 Å². The third-order valence-corrected chi connectivity index (χ3v) is 7.79. The van der Waals surface area contributed by atoms with Gasteiger partial charge >= 0.3 is 0 Å². The van der Waals surface area contributed by atoms with Crippen LogP contribution in [0.25, 0.3) is 15.9 Å². The lowest BCUT2D eigenvalue weighted by atomic mass is 10.0. The molecule has 2 fully saturated rings. The molecule has 3 aromatic rings. The number of para-hydroxylation sites is 1. The molecule has 5 nitrogen and oxygen atoms in total. The van der Waals surface area contributed by atoms with Gasteiger partial charge in [-0.1, -0.05) is 31.0 Å². The van der Waals surface area contributed by atoms with E-state index in [0.717, 1.165) is 58.3 Å². The van der Waals surface area contributed by atoms with Crippen molar-refractivity contribution in [3.63, 3.8) is 0 Å². The molecule has 3 heterocycles. The lowest BCUT2D eigenvalue weighted by molar-refractivity contribution is 0.0910. The number of rotatable bonds is 5. The smallest absolute Gasteiger partial charge is 0.261 e. The number of thiophene rings is 1. The van der Waals surface area contributed by atoms with Crippen LogP contribution in [0.3, 0.4) is 0 Å². The first kappa shape index (κ1) is 19.8. The highest BCUT2D eigenvalue weighted by Crippen LogP contribution is 2.31. The molecule has 0 unspecified atom stereocenters. The summed E-state index contributed by atoms with van der Waals surface area (Å²) in [5, 5.41) is 9.04. The standard InChI is InChI=1S/C24H30N4OS/c1-17-21-15-22(30-24(21)28(26-17)20-9-3-2-4-10-20)23(29)25-19-11-13-27(14-12-19)16-18-7-5-6-8-18/h2-4,9-10,15,18-19H,5-8,11-14,16H2,1H3,(H,25,29). The first-order valence-electron chi connectivity index (χ1n) is 11.2. The number of nitrogens with zero attached hydrogens (tertiary/aromatic N) is 3. The Kier molecular flexibility index (Phi) is 5.61. The highest BCUT2D eigenvalue weighted by Gasteiger charge is 2.25. The molecule has 2 aliphatic rings. The van der Waals surface area contributed by atoms with Gasteiger partial charge in [-0.25, -0.2) is 4.68 Å². The predicted octanol–water partition coefficient (Wildman–Crippen LogP) is 4.78. The zero-order chi connectivity index (χ0) is 20.5. The fourth-order valence-corrected chi connectivity index (χ4v) is 6.06. The van der Waals surface area contributed by atoms with Gasteiger partial charge in [0.05, 0.1) is 16.3 Å². The van der Waals surface area contributed by atoms with Crippen LogP contribution in [0.5, 0.6) is 0 Å². The molecular formula is C24H30N4OS. The van der Waals surface area contributed by atoms with Gasteiger partial charge in [0.15, 0.2) is 0 Å². The second-order valence-electron chi connectivity index (χ2n) is 8.86. The van der Waals surface area contributed by atoms with E-state index in [9.17, 15) is 4.79 Å². The summed E-state index contributed by atoms with van der Waals surface area (Å²) in [4.78, 5) is 17.4. The zero-order valence-electron chi connectivity index (χ0n) is 17.6. The number of hydrogen-bond acceptors (Lipinski definition) is 4. The Morgan fingerprint density at radius 1 is 1.13 bits per heavy atom. The first-order valence-corrected chi connectivity index (χ1v) is 12.1. The number of benzene rings is 1. The minimum Gasteiger partial charge on any atom is -0.349 e. The van der Waals surface area contributed by atoms with E-state index in [0.29, 0.717) is 0 Å². The van der Waals surface area contributed by atoms with Crippen LogP contribution < -0.4 is 5.32 Å². The SMILES string of the molecule is Cc1nn(-c2ccccc2)c2sc(C(=O)NC3CCN(CC4CCCC4)CC3)cc12. The summed E-state index contributed by atoms with van der Waals surface area (Å²) in [5.41, 5.74) is 1.99. The third kappa shape index (κ3) is 4.03. The van der Waals surface area contributed by atoms with Crippen LogP contribution in [0, 0.1) is 12.8 Å². The van der Waals surface area contributed by atoms with E-state index >= 15 is 0 Å². The van der Waals surface area contributed by atoms with Gasteiger partial charge in [0.2, 0.25) is 0 Å². The van der Waals surface area contributed by atoms with Gasteiger partial charge in [0, 0.05) is 31.1 Å². The molecule has 0 spiro atoms. The minimum atomic E-state index is 0.0597. The quantitative estimate of drug-likeness (QED) is 0.644. The average molecular weight is 423 g/mol. The predicted molar refractivity (Wildman–Crippen MR) is 123 cm³/mol. The van der Waals surface area contributed by atoms with Crippen molar-refractivity contribution in [3.05, 3.63) is 47.0 Å². The van der Waals surface area contributed by atoms with Gasteiger partial charge in [-0.15, -0.1) is 11.3 Å². The van der Waals surface area contributed by atoms with Crippen molar-refractivity contribution in [1.29, 1.82) is 0 Å². The van der Waals surface area contributed by atoms with Gasteiger partial charge in [0.25, 0.3) is 5.91 Å². The Labute approximate surface area is 182 Å². The number of aromatic nitrogens is 2. The normalized spacial score (nSPS) is 19.0. The fourth-order valence-electron chi connectivity index (χ4n) is 4.98. The van der Waals surface area contributed by atoms with E-state index < -0.39 is 0 Å². The molecule has 5 rings (SSSR count). The number of carbonyl (C=O) groups is 1. The van der Waals surface area contributed by atoms with Crippen molar-refractivity contribution in [1.82, 2.24) is 20.0 Å². The highest BCUT2D eigenvalue weighted by atomic mass is 32.1. The Hall–Kier alpha value is -2.18. The number of hydrogen-bond donors (Lipinski definition) is 1. The van der Waals surface area contributed by atoms with E-state index in [1.165, 1.54) is 43.6 Å². The van der Waals surface area contributed by atoms with E-state index in [1.54, 1.807) is 0 Å². The van der Waals surface area contributed by atoms with Crippen LogP contribution in [0.1, 0.15) is 53.9 Å². The van der Waals surface area contributed by atoms with Crippen molar-refractivity contribution in [2.75, 3.05) is 19.6 Å². The molecular weight excluding hydrogens is 392 g/mol. The number of piperidine rings is 1. The average Bonchev–Trinajstić information content (AvgIpc) is 3.49. The molecule has 0 radical (unpaired) electrons. The molecule has 1 saturated carbocycles. The Morgan fingerprint density at radius 2 is 1.87 bits per heavy atom. The fraction of sp³-hybridized carbons (Fsp3) is 0.500. The number of fused-ring (bicyclic) bond motifs is 1. The van der Waals surface area contributed by atoms with Crippen molar-refractivity contribution in [2.24, 2.45) is 5.92 Å². The second-order valence-corrected chi connectivity index (χ2v) is 9.89. The van der Waals surface area contributed by atoms with E-state index in [-0.39, 0.29) is 11.9 Å². The largest absolute Gasteiger partial charge is 0.349 e. The summed E-state index contributed by atoms with van der Waals surface area (Å²) >= 11 is 1.54. The maximum absolute atomic E-state index is 13.0. The van der Waals surface area contributed by atoms with E-state index in [4.69, 9.17) is 0 Å². The maximum Gasteiger partial charge on any atom is 0.261 e. The summed E-state index contributed by atoms with van der Waals surface area (Å²) in [6.45, 7) is 5.48. The second kappa shape index (κ2) is 8.52. The molecule has 1 aliphatic carbocycles. The molecule has 1 aromatic carbocycles. The summed E-state index contributed by atoms with van der Waals surface area (Å²) in [7, 11) is 0. The summed E-state index contributed by atoms with van der Waals surface area (Å²) in [5.74, 6) is 0.964. The Bertz CT molecular complexity index is 1010. The molecule has 0 atom stereocenters. The Morgan fingerprint density at radius 3 is 2.60 bits per heavy atom. The molecule has 1 saturated heterocycles. The van der Waals surface area contributed by atoms with E-state index in [2.05, 4.69) is 15.3 Å². The molecule has 30 heavy (non-hydrogen) atoms. The van der Waals surface area contributed by atoms with E-state index in [1.807, 2.05) is 48.0 Å². The number of likely N-dealkylation sites (tertiary alicyclic amines) is 1. The minimum absolute atomic E-state index is 0.0597. The van der Waals surface area contributed by atoms with Crippen molar-refractivity contribution < 1.29 is 4.79 Å².